The Bertz CT molecular complexity index is 899. The quantitative estimate of drug-likeness (QED) is 0.721. The highest BCUT2D eigenvalue weighted by molar-refractivity contribution is 6.03. The van der Waals surface area contributed by atoms with E-state index in [2.05, 4.69) is 15.3 Å². The van der Waals surface area contributed by atoms with Crippen LogP contribution in [-0.4, -0.2) is 21.8 Å². The van der Waals surface area contributed by atoms with Crippen molar-refractivity contribution in [2.45, 2.75) is 31.1 Å². The maximum Gasteiger partial charge on any atom is 0.237 e. The molecule has 2 amide bonds. The molecular weight excluding hydrogens is 314 g/mol. The zero-order chi connectivity index (χ0) is 17.3. The molecule has 0 bridgehead atoms. The monoisotopic (exact) mass is 333 g/mol. The lowest BCUT2D eigenvalue weighted by Gasteiger charge is -2.35. The van der Waals surface area contributed by atoms with Crippen LogP contribution in [-0.2, 0) is 21.4 Å². The summed E-state index contributed by atoms with van der Waals surface area (Å²) in [6, 6.07) is 17.6. The van der Waals surface area contributed by atoms with Crippen LogP contribution in [0.25, 0.3) is 11.0 Å². The molecule has 1 atom stereocenters. The number of hydrogen-bond donors (Lipinski definition) is 2. The lowest BCUT2D eigenvalue weighted by molar-refractivity contribution is -0.138. The summed E-state index contributed by atoms with van der Waals surface area (Å²) in [4.78, 5) is 32.3. The van der Waals surface area contributed by atoms with Crippen LogP contribution in [0.1, 0.15) is 30.7 Å². The van der Waals surface area contributed by atoms with E-state index in [9.17, 15) is 9.59 Å². The number of nitrogens with zero attached hydrogens (tertiary/aromatic N) is 1. The fourth-order valence-electron chi connectivity index (χ4n) is 3.62. The Morgan fingerprint density at radius 1 is 1.00 bits per heavy atom. The molecule has 126 valence electrons. The first-order chi connectivity index (χ1) is 12.2. The van der Waals surface area contributed by atoms with Gasteiger partial charge in [-0.15, -0.1) is 0 Å². The smallest absolute Gasteiger partial charge is 0.237 e. The summed E-state index contributed by atoms with van der Waals surface area (Å²) in [7, 11) is 0. The van der Waals surface area contributed by atoms with Gasteiger partial charge in [-0.05, 0) is 30.5 Å². The summed E-state index contributed by atoms with van der Waals surface area (Å²) in [5, 5.41) is 2.52. The van der Waals surface area contributed by atoms with Crippen molar-refractivity contribution in [3.8, 4) is 0 Å². The Morgan fingerprint density at radius 2 is 1.76 bits per heavy atom. The second kappa shape index (κ2) is 6.16. The maximum atomic E-state index is 12.8. The maximum absolute atomic E-state index is 12.8. The van der Waals surface area contributed by atoms with Crippen LogP contribution in [0, 0.1) is 0 Å². The Balaban J connectivity index is 1.64. The highest BCUT2D eigenvalue weighted by Crippen LogP contribution is 2.36. The van der Waals surface area contributed by atoms with Gasteiger partial charge in [-0.3, -0.25) is 14.9 Å². The fourth-order valence-corrected chi connectivity index (χ4v) is 3.62. The minimum atomic E-state index is -0.686. The second-order valence-electron chi connectivity index (χ2n) is 6.53. The molecule has 1 aliphatic heterocycles. The van der Waals surface area contributed by atoms with Gasteiger partial charge in [0, 0.05) is 12.8 Å². The van der Waals surface area contributed by atoms with Gasteiger partial charge in [0.25, 0.3) is 0 Å². The van der Waals surface area contributed by atoms with Gasteiger partial charge in [-0.2, -0.15) is 0 Å². The lowest BCUT2D eigenvalue weighted by Crippen LogP contribution is -2.51. The Morgan fingerprint density at radius 3 is 2.52 bits per heavy atom. The van der Waals surface area contributed by atoms with Gasteiger partial charge in [0.1, 0.15) is 5.82 Å². The summed E-state index contributed by atoms with van der Waals surface area (Å²) < 4.78 is 0. The van der Waals surface area contributed by atoms with E-state index in [4.69, 9.17) is 0 Å². The van der Waals surface area contributed by atoms with Crippen molar-refractivity contribution in [1.82, 2.24) is 15.3 Å². The molecule has 1 aromatic heterocycles. The molecule has 0 saturated carbocycles. The van der Waals surface area contributed by atoms with Crippen LogP contribution in [0.5, 0.6) is 0 Å². The van der Waals surface area contributed by atoms with Crippen LogP contribution in [0.15, 0.2) is 54.6 Å². The minimum Gasteiger partial charge on any atom is -0.342 e. The zero-order valence-corrected chi connectivity index (χ0v) is 13.8. The lowest BCUT2D eigenvalue weighted by atomic mass is 9.70. The number of rotatable bonds is 4. The third kappa shape index (κ3) is 2.82. The molecule has 2 N–H and O–H groups in total. The number of amides is 2. The molecular formula is C20H19N3O2. The summed E-state index contributed by atoms with van der Waals surface area (Å²) in [6.07, 6.45) is 2.14. The number of fused-ring (bicyclic) bond motifs is 1. The number of para-hydroxylation sites is 2. The van der Waals surface area contributed by atoms with Crippen molar-refractivity contribution in [2.75, 3.05) is 0 Å². The molecule has 0 spiro atoms. The van der Waals surface area contributed by atoms with Crippen molar-refractivity contribution in [2.24, 2.45) is 0 Å². The Kier molecular flexibility index (Phi) is 3.84. The van der Waals surface area contributed by atoms with Gasteiger partial charge in [0.2, 0.25) is 11.8 Å². The number of aromatic amines is 1. The first kappa shape index (κ1) is 15.6. The third-order valence-corrected chi connectivity index (χ3v) is 5.02. The molecule has 2 aromatic carbocycles. The molecule has 1 saturated heterocycles. The molecule has 0 aliphatic carbocycles. The number of aromatic nitrogens is 2. The Hall–Kier alpha value is -2.95. The van der Waals surface area contributed by atoms with Crippen LogP contribution in [0.4, 0.5) is 0 Å². The van der Waals surface area contributed by atoms with E-state index in [1.165, 1.54) is 0 Å². The number of benzene rings is 2. The van der Waals surface area contributed by atoms with Crippen molar-refractivity contribution < 1.29 is 9.59 Å². The highest BCUT2D eigenvalue weighted by Gasteiger charge is 2.43. The summed E-state index contributed by atoms with van der Waals surface area (Å²) in [5.74, 6) is 0.465. The molecule has 1 unspecified atom stereocenters. The number of H-pyrrole nitrogens is 1. The standard InChI is InChI=1S/C20H19N3O2/c24-18-11-13-20(19(25)23-18,14-6-2-1-3-7-14)12-10-17-21-15-8-4-5-9-16(15)22-17/h1-9H,10-13H2,(H,21,22)(H,23,24,25). The SMILES string of the molecule is O=C1CCC(CCc2nc3ccccc3[nH]2)(c2ccccc2)C(=O)N1. The van der Waals surface area contributed by atoms with E-state index in [1.54, 1.807) is 0 Å². The second-order valence-corrected chi connectivity index (χ2v) is 6.53. The van der Waals surface area contributed by atoms with Crippen LogP contribution < -0.4 is 5.32 Å². The van der Waals surface area contributed by atoms with E-state index < -0.39 is 5.41 Å². The fraction of sp³-hybridized carbons (Fsp3) is 0.250. The number of piperidine rings is 1. The van der Waals surface area contributed by atoms with Gasteiger partial charge < -0.3 is 4.98 Å². The number of aryl methyl sites for hydroxylation is 1. The number of carbonyl (C=O) groups is 2. The summed E-state index contributed by atoms with van der Waals surface area (Å²) in [6.45, 7) is 0. The zero-order valence-electron chi connectivity index (χ0n) is 13.8. The molecule has 3 aromatic rings. The largest absolute Gasteiger partial charge is 0.342 e. The van der Waals surface area contributed by atoms with Crippen molar-refractivity contribution >= 4 is 22.8 Å². The highest BCUT2D eigenvalue weighted by atomic mass is 16.2. The van der Waals surface area contributed by atoms with Gasteiger partial charge in [0.15, 0.2) is 0 Å². The molecule has 1 aliphatic rings. The van der Waals surface area contributed by atoms with Crippen LogP contribution in [0.3, 0.4) is 0 Å². The number of nitrogens with one attached hydrogen (secondary N) is 2. The van der Waals surface area contributed by atoms with Crippen LogP contribution in [0.2, 0.25) is 0 Å². The Labute approximate surface area is 145 Å². The molecule has 5 heteroatoms. The van der Waals surface area contributed by atoms with Crippen molar-refractivity contribution in [3.63, 3.8) is 0 Å². The van der Waals surface area contributed by atoms with Gasteiger partial charge in [-0.1, -0.05) is 42.5 Å². The third-order valence-electron chi connectivity index (χ3n) is 5.02. The topological polar surface area (TPSA) is 74.8 Å². The van der Waals surface area contributed by atoms with E-state index >= 15 is 0 Å². The van der Waals surface area contributed by atoms with Gasteiger partial charge >= 0.3 is 0 Å². The first-order valence-electron chi connectivity index (χ1n) is 8.51. The van der Waals surface area contributed by atoms with E-state index in [-0.39, 0.29) is 11.8 Å². The minimum absolute atomic E-state index is 0.194. The number of imidazole rings is 1. The molecule has 5 nitrogen and oxygen atoms in total. The number of hydrogen-bond acceptors (Lipinski definition) is 3. The van der Waals surface area contributed by atoms with E-state index in [0.717, 1.165) is 22.4 Å². The normalized spacial score (nSPS) is 20.6. The van der Waals surface area contributed by atoms with Gasteiger partial charge in [-0.25, -0.2) is 4.98 Å². The number of carbonyl (C=O) groups excluding carboxylic acids is 2. The molecule has 2 heterocycles. The van der Waals surface area contributed by atoms with Crippen LogP contribution >= 0.6 is 0 Å². The first-order valence-corrected chi connectivity index (χ1v) is 8.51. The molecule has 4 rings (SSSR count). The molecule has 1 fully saturated rings. The van der Waals surface area contributed by atoms with Gasteiger partial charge in [0.05, 0.1) is 16.4 Å². The average molecular weight is 333 g/mol. The average Bonchev–Trinajstić information content (AvgIpc) is 3.05. The van der Waals surface area contributed by atoms with Crippen molar-refractivity contribution in [1.29, 1.82) is 0 Å². The molecule has 0 radical (unpaired) electrons. The summed E-state index contributed by atoms with van der Waals surface area (Å²) in [5.41, 5.74) is 2.19. The molecule has 25 heavy (non-hydrogen) atoms. The predicted octanol–water partition coefficient (Wildman–Crippen LogP) is 2.87. The van der Waals surface area contributed by atoms with E-state index in [0.29, 0.717) is 25.7 Å². The van der Waals surface area contributed by atoms with Crippen molar-refractivity contribution in [3.05, 3.63) is 66.0 Å². The predicted molar refractivity (Wildman–Crippen MR) is 94.9 cm³/mol. The van der Waals surface area contributed by atoms with E-state index in [1.807, 2.05) is 54.6 Å². The summed E-state index contributed by atoms with van der Waals surface area (Å²) >= 11 is 0. The number of imide groups is 1.